The summed E-state index contributed by atoms with van der Waals surface area (Å²) in [5.41, 5.74) is 3.77. The third kappa shape index (κ3) is 2.11. The second-order valence-electron chi connectivity index (χ2n) is 6.00. The van der Waals surface area contributed by atoms with Gasteiger partial charge in [-0.05, 0) is 29.3 Å². The largest absolute Gasteiger partial charge is 0.488 e. The van der Waals surface area contributed by atoms with Crippen molar-refractivity contribution in [2.45, 2.75) is 12.8 Å². The Kier molecular flexibility index (Phi) is 3.19. The average Bonchev–Trinajstić information content (AvgIpc) is 3.15. The average molecular weight is 324 g/mol. The molecule has 0 fully saturated rings. The zero-order valence-corrected chi connectivity index (χ0v) is 13.1. The number of aliphatic carboxylic acids is 1. The second-order valence-corrected chi connectivity index (χ2v) is 6.00. The van der Waals surface area contributed by atoms with Gasteiger partial charge in [-0.3, -0.25) is 4.79 Å². The number of rotatable bonds is 3. The molecule has 1 aliphatic heterocycles. The number of benzene rings is 1. The van der Waals surface area contributed by atoms with Gasteiger partial charge in [0.05, 0.1) is 12.2 Å². The van der Waals surface area contributed by atoms with Gasteiger partial charge >= 0.3 is 5.97 Å². The van der Waals surface area contributed by atoms with Gasteiger partial charge < -0.3 is 19.7 Å². The van der Waals surface area contributed by atoms with E-state index in [-0.39, 0.29) is 5.92 Å². The number of aldehydes is 1. The number of nitrogens with one attached hydrogen (secondary N) is 1. The molecular formula is C18H16N2O4. The maximum atomic E-state index is 11.3. The van der Waals surface area contributed by atoms with Crippen LogP contribution in [0.3, 0.4) is 0 Å². The molecule has 6 heteroatoms. The zero-order valence-electron chi connectivity index (χ0n) is 13.1. The Morgan fingerprint density at radius 3 is 3.00 bits per heavy atom. The van der Waals surface area contributed by atoms with Crippen LogP contribution in [0.4, 0.5) is 11.5 Å². The van der Waals surface area contributed by atoms with Crippen LogP contribution in [-0.2, 0) is 4.79 Å². The van der Waals surface area contributed by atoms with Gasteiger partial charge in [0.2, 0.25) is 0 Å². The number of hydrogen-bond donors (Lipinski definition) is 2. The lowest BCUT2D eigenvalue weighted by atomic mass is 9.97. The molecule has 2 aliphatic rings. The van der Waals surface area contributed by atoms with E-state index in [4.69, 9.17) is 4.74 Å². The summed E-state index contributed by atoms with van der Waals surface area (Å²) in [4.78, 5) is 27.4. The first-order chi connectivity index (χ1) is 11.6. The summed E-state index contributed by atoms with van der Waals surface area (Å²) in [7, 11) is 0. The first-order valence-corrected chi connectivity index (χ1v) is 7.76. The molecule has 0 radical (unpaired) electrons. The van der Waals surface area contributed by atoms with Gasteiger partial charge in [-0.2, -0.15) is 0 Å². The molecule has 122 valence electrons. The summed E-state index contributed by atoms with van der Waals surface area (Å²) >= 11 is 0. The highest BCUT2D eigenvalue weighted by atomic mass is 16.5. The molecule has 1 aliphatic carbocycles. The summed E-state index contributed by atoms with van der Waals surface area (Å²) in [6, 6.07) is 7.61. The maximum Gasteiger partial charge on any atom is 0.332 e. The summed E-state index contributed by atoms with van der Waals surface area (Å²) < 4.78 is 5.60. The van der Waals surface area contributed by atoms with Crippen molar-refractivity contribution in [1.82, 2.24) is 4.98 Å². The Labute approximate surface area is 138 Å². The van der Waals surface area contributed by atoms with Gasteiger partial charge in [-0.25, -0.2) is 4.79 Å². The number of aromatic nitrogens is 1. The van der Waals surface area contributed by atoms with Crippen molar-refractivity contribution in [2.24, 2.45) is 0 Å². The molecule has 0 spiro atoms. The van der Waals surface area contributed by atoms with Crippen LogP contribution < -0.4 is 9.64 Å². The van der Waals surface area contributed by atoms with Gasteiger partial charge in [0.15, 0.2) is 17.9 Å². The monoisotopic (exact) mass is 324 g/mol. The van der Waals surface area contributed by atoms with Crippen LogP contribution in [0, 0.1) is 0 Å². The molecule has 0 saturated carbocycles. The fraction of sp³-hybridized carbons (Fsp3) is 0.222. The molecule has 1 unspecified atom stereocenters. The zero-order chi connectivity index (χ0) is 16.8. The van der Waals surface area contributed by atoms with Crippen molar-refractivity contribution < 1.29 is 19.4 Å². The van der Waals surface area contributed by atoms with E-state index in [1.807, 2.05) is 25.1 Å². The van der Waals surface area contributed by atoms with Gasteiger partial charge in [0, 0.05) is 23.2 Å². The van der Waals surface area contributed by atoms with Crippen LogP contribution in [0.2, 0.25) is 0 Å². The Morgan fingerprint density at radius 1 is 1.42 bits per heavy atom. The lowest BCUT2D eigenvalue weighted by Crippen LogP contribution is -2.28. The fourth-order valence-corrected chi connectivity index (χ4v) is 3.38. The highest BCUT2D eigenvalue weighted by Crippen LogP contribution is 2.41. The predicted octanol–water partition coefficient (Wildman–Crippen LogP) is 2.94. The van der Waals surface area contributed by atoms with Gasteiger partial charge in [-0.1, -0.05) is 13.0 Å². The molecule has 1 atom stereocenters. The number of H-pyrrole nitrogens is 1. The van der Waals surface area contributed by atoms with E-state index in [0.717, 1.165) is 28.9 Å². The maximum absolute atomic E-state index is 11.3. The minimum atomic E-state index is -0.881. The van der Waals surface area contributed by atoms with Crippen molar-refractivity contribution in [1.29, 1.82) is 0 Å². The van der Waals surface area contributed by atoms with Crippen LogP contribution in [0.1, 0.15) is 34.5 Å². The van der Waals surface area contributed by atoms with E-state index in [2.05, 4.69) is 9.88 Å². The first-order valence-electron chi connectivity index (χ1n) is 7.76. The lowest BCUT2D eigenvalue weighted by molar-refractivity contribution is -0.132. The molecule has 1 aromatic heterocycles. The summed E-state index contributed by atoms with van der Waals surface area (Å²) in [6.45, 7) is 3.08. The SMILES string of the molecule is CC1C(C(=O)O)=Cc2ccc(N3CCOc4cc(C=O)[nH]c43)cc21. The second kappa shape index (κ2) is 5.26. The Hall–Kier alpha value is -3.02. The van der Waals surface area contributed by atoms with Gasteiger partial charge in [-0.15, -0.1) is 0 Å². The normalized spacial score (nSPS) is 18.5. The molecule has 4 rings (SSSR count). The number of carboxylic acid groups (broad SMARTS) is 1. The fourth-order valence-electron chi connectivity index (χ4n) is 3.38. The Balaban J connectivity index is 1.73. The highest BCUT2D eigenvalue weighted by molar-refractivity contribution is 5.97. The highest BCUT2D eigenvalue weighted by Gasteiger charge is 2.28. The van der Waals surface area contributed by atoms with Crippen LogP contribution in [0.15, 0.2) is 29.8 Å². The predicted molar refractivity (Wildman–Crippen MR) is 89.2 cm³/mol. The molecule has 24 heavy (non-hydrogen) atoms. The minimum Gasteiger partial charge on any atom is -0.488 e. The van der Waals surface area contributed by atoms with Crippen LogP contribution >= 0.6 is 0 Å². The number of carbonyl (C=O) groups is 2. The molecule has 0 amide bonds. The molecule has 0 saturated heterocycles. The standard InChI is InChI=1S/C18H16N2O4/c1-10-14-8-13(3-2-11(14)6-15(10)18(22)23)20-4-5-24-16-7-12(9-21)19-17(16)20/h2-3,6-10,19H,4-5H2,1H3,(H,22,23). The number of carboxylic acids is 1. The van der Waals surface area contributed by atoms with Crippen molar-refractivity contribution in [3.05, 3.63) is 46.7 Å². The number of hydrogen-bond acceptors (Lipinski definition) is 4. The number of aromatic amines is 1. The molecule has 2 N–H and O–H groups in total. The van der Waals surface area contributed by atoms with Gasteiger partial charge in [0.25, 0.3) is 0 Å². The summed E-state index contributed by atoms with van der Waals surface area (Å²) in [5, 5.41) is 9.30. The van der Waals surface area contributed by atoms with E-state index in [9.17, 15) is 14.7 Å². The van der Waals surface area contributed by atoms with Crippen LogP contribution in [0.25, 0.3) is 6.08 Å². The molecular weight excluding hydrogens is 308 g/mol. The number of ether oxygens (including phenoxy) is 1. The van der Waals surface area contributed by atoms with E-state index in [1.54, 1.807) is 12.1 Å². The Morgan fingerprint density at radius 2 is 2.25 bits per heavy atom. The van der Waals surface area contributed by atoms with E-state index in [1.165, 1.54) is 0 Å². The van der Waals surface area contributed by atoms with Gasteiger partial charge in [0.1, 0.15) is 6.61 Å². The molecule has 2 heterocycles. The minimum absolute atomic E-state index is 0.146. The van der Waals surface area contributed by atoms with Crippen molar-refractivity contribution >= 4 is 29.8 Å². The Bertz CT molecular complexity index is 881. The van der Waals surface area contributed by atoms with Crippen LogP contribution in [0.5, 0.6) is 5.75 Å². The van der Waals surface area contributed by atoms with Crippen molar-refractivity contribution in [3.63, 3.8) is 0 Å². The molecule has 2 aromatic rings. The number of fused-ring (bicyclic) bond motifs is 2. The first kappa shape index (κ1) is 14.6. The topological polar surface area (TPSA) is 82.6 Å². The van der Waals surface area contributed by atoms with E-state index < -0.39 is 5.97 Å². The molecule has 6 nitrogen and oxygen atoms in total. The smallest absolute Gasteiger partial charge is 0.332 e. The lowest BCUT2D eigenvalue weighted by Gasteiger charge is -2.29. The summed E-state index contributed by atoms with van der Waals surface area (Å²) in [6.07, 6.45) is 2.49. The van der Waals surface area contributed by atoms with Crippen LogP contribution in [-0.4, -0.2) is 35.5 Å². The number of carbonyl (C=O) groups excluding carboxylic acids is 1. The molecule has 0 bridgehead atoms. The van der Waals surface area contributed by atoms with E-state index in [0.29, 0.717) is 30.2 Å². The summed E-state index contributed by atoms with van der Waals surface area (Å²) in [5.74, 6) is 0.377. The third-order valence-electron chi connectivity index (χ3n) is 4.63. The van der Waals surface area contributed by atoms with E-state index >= 15 is 0 Å². The quantitative estimate of drug-likeness (QED) is 0.848. The van der Waals surface area contributed by atoms with Crippen molar-refractivity contribution in [2.75, 3.05) is 18.1 Å². The third-order valence-corrected chi connectivity index (χ3v) is 4.63. The number of anilines is 2. The number of nitrogens with zero attached hydrogens (tertiary/aromatic N) is 1. The van der Waals surface area contributed by atoms with Crippen molar-refractivity contribution in [3.8, 4) is 5.75 Å². The molecule has 1 aromatic carbocycles.